The summed E-state index contributed by atoms with van der Waals surface area (Å²) in [5.74, 6) is -0.0325. The predicted octanol–water partition coefficient (Wildman–Crippen LogP) is 1.82. The number of halogens is 1. The summed E-state index contributed by atoms with van der Waals surface area (Å²) in [6.45, 7) is 0. The fraction of sp³-hybridized carbons (Fsp3) is 0.364. The fourth-order valence-electron chi connectivity index (χ4n) is 1.20. The molecule has 0 spiro atoms. The Morgan fingerprint density at radius 3 is 2.33 bits per heavy atom. The molecule has 15 heavy (non-hydrogen) atoms. The Hall–Kier alpha value is -0.870. The summed E-state index contributed by atoms with van der Waals surface area (Å²) >= 11 is 3.20. The second-order valence-corrected chi connectivity index (χ2v) is 4.14. The van der Waals surface area contributed by atoms with Crippen molar-refractivity contribution < 1.29 is 9.90 Å². The summed E-state index contributed by atoms with van der Waals surface area (Å²) in [6.07, 6.45) is -0.520. The molecule has 1 rings (SSSR count). The van der Waals surface area contributed by atoms with Gasteiger partial charge in [0.25, 0.3) is 5.91 Å². The van der Waals surface area contributed by atoms with Crippen LogP contribution in [0.25, 0.3) is 0 Å². The smallest absolute Gasteiger partial charge is 0.253 e. The van der Waals surface area contributed by atoms with E-state index in [0.29, 0.717) is 10.9 Å². The first-order chi connectivity index (χ1) is 7.06. The van der Waals surface area contributed by atoms with E-state index in [0.717, 1.165) is 5.56 Å². The molecule has 0 fully saturated rings. The lowest BCUT2D eigenvalue weighted by Crippen LogP contribution is -2.21. The van der Waals surface area contributed by atoms with E-state index in [2.05, 4.69) is 15.9 Å². The van der Waals surface area contributed by atoms with Gasteiger partial charge in [-0.3, -0.25) is 4.79 Å². The Labute approximate surface area is 97.8 Å². The molecular weight excluding hydrogens is 258 g/mol. The molecule has 1 atom stereocenters. The van der Waals surface area contributed by atoms with Crippen LogP contribution in [0.5, 0.6) is 0 Å². The Morgan fingerprint density at radius 1 is 1.40 bits per heavy atom. The number of rotatable bonds is 3. The molecule has 0 radical (unpaired) electrons. The zero-order valence-corrected chi connectivity index (χ0v) is 10.4. The van der Waals surface area contributed by atoms with Gasteiger partial charge in [0.2, 0.25) is 0 Å². The van der Waals surface area contributed by atoms with Crippen molar-refractivity contribution in [1.82, 2.24) is 4.90 Å². The third kappa shape index (κ3) is 3.04. The van der Waals surface area contributed by atoms with Crippen molar-refractivity contribution in [2.75, 3.05) is 19.4 Å². The normalized spacial score (nSPS) is 12.3. The van der Waals surface area contributed by atoms with Gasteiger partial charge in [-0.2, -0.15) is 0 Å². The Morgan fingerprint density at radius 2 is 1.93 bits per heavy atom. The minimum atomic E-state index is -0.520. The maximum absolute atomic E-state index is 11.5. The molecular formula is C11H14BrNO2. The van der Waals surface area contributed by atoms with Gasteiger partial charge in [-0.15, -0.1) is 0 Å². The molecule has 4 heteroatoms. The number of aliphatic hydroxyl groups excluding tert-OH is 1. The van der Waals surface area contributed by atoms with Crippen LogP contribution in [0.3, 0.4) is 0 Å². The van der Waals surface area contributed by atoms with E-state index in [1.807, 2.05) is 0 Å². The van der Waals surface area contributed by atoms with Crippen molar-refractivity contribution in [3.8, 4) is 0 Å². The van der Waals surface area contributed by atoms with Crippen molar-refractivity contribution in [3.63, 3.8) is 0 Å². The quantitative estimate of drug-likeness (QED) is 0.853. The molecule has 0 bridgehead atoms. The zero-order valence-electron chi connectivity index (χ0n) is 8.77. The Bertz CT molecular complexity index is 335. The second kappa shape index (κ2) is 5.28. The summed E-state index contributed by atoms with van der Waals surface area (Å²) < 4.78 is 0. The highest BCUT2D eigenvalue weighted by molar-refractivity contribution is 9.09. The van der Waals surface area contributed by atoms with E-state index in [1.54, 1.807) is 38.4 Å². The number of hydrogen-bond acceptors (Lipinski definition) is 2. The van der Waals surface area contributed by atoms with Crippen molar-refractivity contribution >= 4 is 21.8 Å². The monoisotopic (exact) mass is 271 g/mol. The highest BCUT2D eigenvalue weighted by Gasteiger charge is 2.09. The average molecular weight is 272 g/mol. The predicted molar refractivity (Wildman–Crippen MR) is 63.2 cm³/mol. The van der Waals surface area contributed by atoms with Crippen LogP contribution in [0.1, 0.15) is 22.0 Å². The number of benzene rings is 1. The summed E-state index contributed by atoms with van der Waals surface area (Å²) in [4.78, 5) is 13.1. The van der Waals surface area contributed by atoms with E-state index >= 15 is 0 Å². The van der Waals surface area contributed by atoms with Crippen LogP contribution in [0.2, 0.25) is 0 Å². The van der Waals surface area contributed by atoms with Crippen molar-refractivity contribution in [2.24, 2.45) is 0 Å². The van der Waals surface area contributed by atoms with Crippen LogP contribution >= 0.6 is 15.9 Å². The van der Waals surface area contributed by atoms with E-state index in [1.165, 1.54) is 4.90 Å². The van der Waals surface area contributed by atoms with Gasteiger partial charge in [0.05, 0.1) is 6.10 Å². The lowest BCUT2D eigenvalue weighted by molar-refractivity contribution is 0.0827. The van der Waals surface area contributed by atoms with Gasteiger partial charge in [-0.1, -0.05) is 28.1 Å². The first-order valence-corrected chi connectivity index (χ1v) is 5.74. The highest BCUT2D eigenvalue weighted by atomic mass is 79.9. The molecule has 0 aliphatic carbocycles. The van der Waals surface area contributed by atoms with Crippen LogP contribution in [-0.4, -0.2) is 35.3 Å². The zero-order chi connectivity index (χ0) is 11.4. The molecule has 0 heterocycles. The summed E-state index contributed by atoms with van der Waals surface area (Å²) in [7, 11) is 3.42. The molecule has 1 amide bonds. The Kier molecular flexibility index (Phi) is 4.29. The molecule has 0 saturated carbocycles. The van der Waals surface area contributed by atoms with Crippen LogP contribution in [0.4, 0.5) is 0 Å². The van der Waals surface area contributed by atoms with Crippen LogP contribution < -0.4 is 0 Å². The van der Waals surface area contributed by atoms with Crippen molar-refractivity contribution in [1.29, 1.82) is 0 Å². The van der Waals surface area contributed by atoms with Crippen molar-refractivity contribution in [2.45, 2.75) is 6.10 Å². The topological polar surface area (TPSA) is 40.5 Å². The van der Waals surface area contributed by atoms with E-state index in [9.17, 15) is 9.90 Å². The second-order valence-electron chi connectivity index (χ2n) is 3.49. The maximum atomic E-state index is 11.5. The number of nitrogens with zero attached hydrogens (tertiary/aromatic N) is 1. The number of aliphatic hydroxyl groups is 1. The van der Waals surface area contributed by atoms with Gasteiger partial charge in [-0.25, -0.2) is 0 Å². The minimum absolute atomic E-state index is 0.0325. The van der Waals surface area contributed by atoms with Gasteiger partial charge in [-0.05, 0) is 17.7 Å². The summed E-state index contributed by atoms with van der Waals surface area (Å²) in [5, 5.41) is 10.0. The third-order valence-corrected chi connectivity index (χ3v) is 2.71. The first kappa shape index (κ1) is 12.2. The van der Waals surface area contributed by atoms with E-state index in [-0.39, 0.29) is 5.91 Å². The summed E-state index contributed by atoms with van der Waals surface area (Å²) in [5.41, 5.74) is 1.44. The molecule has 0 aromatic heterocycles. The van der Waals surface area contributed by atoms with Gasteiger partial charge >= 0.3 is 0 Å². The number of amides is 1. The number of alkyl halides is 1. The Balaban J connectivity index is 2.85. The molecule has 1 N–H and O–H groups in total. The number of hydrogen-bond donors (Lipinski definition) is 1. The van der Waals surface area contributed by atoms with E-state index < -0.39 is 6.10 Å². The molecule has 1 unspecified atom stereocenters. The molecule has 1 aromatic carbocycles. The number of carbonyl (C=O) groups excluding carboxylic acids is 1. The maximum Gasteiger partial charge on any atom is 0.253 e. The molecule has 0 aliphatic heterocycles. The highest BCUT2D eigenvalue weighted by Crippen LogP contribution is 2.16. The van der Waals surface area contributed by atoms with Gasteiger partial charge in [0.1, 0.15) is 0 Å². The number of carbonyl (C=O) groups is 1. The fourth-order valence-corrected chi connectivity index (χ4v) is 1.57. The lowest BCUT2D eigenvalue weighted by Gasteiger charge is -2.11. The molecule has 0 saturated heterocycles. The van der Waals surface area contributed by atoms with Gasteiger partial charge < -0.3 is 10.0 Å². The summed E-state index contributed by atoms with van der Waals surface area (Å²) in [6, 6.07) is 6.98. The molecule has 0 aliphatic rings. The SMILES string of the molecule is CN(C)C(=O)c1ccc(C(O)CBr)cc1. The third-order valence-electron chi connectivity index (χ3n) is 2.09. The van der Waals surface area contributed by atoms with Gasteiger partial charge in [0.15, 0.2) is 0 Å². The van der Waals surface area contributed by atoms with Crippen LogP contribution in [-0.2, 0) is 0 Å². The molecule has 3 nitrogen and oxygen atoms in total. The standard InChI is InChI=1S/C11H14BrNO2/c1-13(2)11(15)9-5-3-8(4-6-9)10(14)7-12/h3-6,10,14H,7H2,1-2H3. The van der Waals surface area contributed by atoms with E-state index in [4.69, 9.17) is 0 Å². The minimum Gasteiger partial charge on any atom is -0.388 e. The van der Waals surface area contributed by atoms with Crippen LogP contribution in [0.15, 0.2) is 24.3 Å². The molecule has 82 valence electrons. The van der Waals surface area contributed by atoms with Crippen LogP contribution in [0, 0.1) is 0 Å². The lowest BCUT2D eigenvalue weighted by atomic mass is 10.1. The molecule has 1 aromatic rings. The van der Waals surface area contributed by atoms with Gasteiger partial charge in [0, 0.05) is 25.0 Å². The average Bonchev–Trinajstić information content (AvgIpc) is 2.27. The van der Waals surface area contributed by atoms with Crippen molar-refractivity contribution in [3.05, 3.63) is 35.4 Å². The largest absolute Gasteiger partial charge is 0.388 e. The first-order valence-electron chi connectivity index (χ1n) is 4.62.